The molecule has 23 heavy (non-hydrogen) atoms. The number of aryl methyl sites for hydroxylation is 2. The third kappa shape index (κ3) is 4.65. The van der Waals surface area contributed by atoms with Gasteiger partial charge in [0.15, 0.2) is 6.61 Å². The van der Waals surface area contributed by atoms with Gasteiger partial charge in [0.25, 0.3) is 5.91 Å². The van der Waals surface area contributed by atoms with Crippen molar-refractivity contribution in [3.05, 3.63) is 56.0 Å². The minimum atomic E-state index is -0.253. The van der Waals surface area contributed by atoms with Crippen LogP contribution in [0.5, 0.6) is 5.75 Å². The zero-order valence-corrected chi connectivity index (χ0v) is 15.8. The van der Waals surface area contributed by atoms with Gasteiger partial charge < -0.3 is 10.1 Å². The molecule has 0 spiro atoms. The third-order valence-corrected chi connectivity index (χ3v) is 4.35. The summed E-state index contributed by atoms with van der Waals surface area (Å²) in [4.78, 5) is 22.9. The lowest BCUT2D eigenvalue weighted by molar-refractivity contribution is -0.118. The molecule has 120 valence electrons. The molecule has 0 bridgehead atoms. The van der Waals surface area contributed by atoms with Crippen LogP contribution >= 0.6 is 31.9 Å². The first-order chi connectivity index (χ1) is 10.9. The van der Waals surface area contributed by atoms with Crippen molar-refractivity contribution in [2.24, 2.45) is 0 Å². The Kier molecular flexibility index (Phi) is 5.96. The van der Waals surface area contributed by atoms with E-state index in [-0.39, 0.29) is 12.5 Å². The summed E-state index contributed by atoms with van der Waals surface area (Å²) in [5.41, 5.74) is 3.34. The fourth-order valence-electron chi connectivity index (χ4n) is 1.98. The van der Waals surface area contributed by atoms with Gasteiger partial charge in [-0.05, 0) is 75.0 Å². The number of ether oxygens (including phenoxy) is 1. The Bertz CT molecular complexity index is 736. The molecular weight excluding hydrogens is 426 g/mol. The van der Waals surface area contributed by atoms with Crippen molar-refractivity contribution in [3.8, 4) is 5.75 Å². The summed E-state index contributed by atoms with van der Waals surface area (Å²) >= 11 is 6.66. The SMILES string of the molecule is Cc1ccc(C)c(NC(=O)COc2c(Br)cc(C=O)cc2Br)c1. The molecule has 2 aromatic carbocycles. The number of anilines is 1. The van der Waals surface area contributed by atoms with Gasteiger partial charge >= 0.3 is 0 Å². The number of aldehydes is 1. The van der Waals surface area contributed by atoms with Gasteiger partial charge in [0.05, 0.1) is 8.95 Å². The molecule has 1 amide bonds. The van der Waals surface area contributed by atoms with E-state index in [0.717, 1.165) is 23.1 Å². The summed E-state index contributed by atoms with van der Waals surface area (Å²) in [5, 5.41) is 2.83. The average molecular weight is 441 g/mol. The van der Waals surface area contributed by atoms with Crippen LogP contribution in [0.2, 0.25) is 0 Å². The highest BCUT2D eigenvalue weighted by Crippen LogP contribution is 2.34. The molecule has 0 heterocycles. The van der Waals surface area contributed by atoms with E-state index >= 15 is 0 Å². The van der Waals surface area contributed by atoms with Gasteiger partial charge in [0.2, 0.25) is 0 Å². The van der Waals surface area contributed by atoms with Gasteiger partial charge in [-0.3, -0.25) is 9.59 Å². The molecule has 0 aliphatic carbocycles. The van der Waals surface area contributed by atoms with Gasteiger partial charge in [-0.2, -0.15) is 0 Å². The lowest BCUT2D eigenvalue weighted by Crippen LogP contribution is -2.21. The Morgan fingerprint density at radius 2 is 1.83 bits per heavy atom. The topological polar surface area (TPSA) is 55.4 Å². The largest absolute Gasteiger partial charge is 0.481 e. The minimum absolute atomic E-state index is 0.134. The molecule has 0 saturated carbocycles. The molecule has 2 rings (SSSR count). The van der Waals surface area contributed by atoms with Crippen molar-refractivity contribution in [3.63, 3.8) is 0 Å². The van der Waals surface area contributed by atoms with Gasteiger partial charge in [0, 0.05) is 11.3 Å². The van der Waals surface area contributed by atoms with E-state index in [0.29, 0.717) is 20.3 Å². The van der Waals surface area contributed by atoms with Crippen molar-refractivity contribution in [2.75, 3.05) is 11.9 Å². The first-order valence-corrected chi connectivity index (χ1v) is 8.43. The number of nitrogens with one attached hydrogen (secondary N) is 1. The second-order valence-electron chi connectivity index (χ2n) is 5.09. The summed E-state index contributed by atoms with van der Waals surface area (Å²) < 4.78 is 6.76. The zero-order chi connectivity index (χ0) is 17.0. The lowest BCUT2D eigenvalue weighted by atomic mass is 10.1. The number of rotatable bonds is 5. The van der Waals surface area contributed by atoms with Crippen LogP contribution in [0.25, 0.3) is 0 Å². The summed E-state index contributed by atoms with van der Waals surface area (Å²) in [6.07, 6.45) is 0.743. The van der Waals surface area contributed by atoms with E-state index in [1.807, 2.05) is 32.0 Å². The zero-order valence-electron chi connectivity index (χ0n) is 12.7. The number of carbonyl (C=O) groups is 2. The maximum atomic E-state index is 12.1. The van der Waals surface area contributed by atoms with E-state index in [1.54, 1.807) is 12.1 Å². The highest BCUT2D eigenvalue weighted by atomic mass is 79.9. The second-order valence-corrected chi connectivity index (χ2v) is 6.80. The Morgan fingerprint density at radius 1 is 1.17 bits per heavy atom. The molecule has 0 radical (unpaired) electrons. The van der Waals surface area contributed by atoms with Crippen molar-refractivity contribution >= 4 is 49.7 Å². The lowest BCUT2D eigenvalue weighted by Gasteiger charge is -2.12. The fourth-order valence-corrected chi connectivity index (χ4v) is 3.43. The molecule has 0 fully saturated rings. The van der Waals surface area contributed by atoms with Crippen LogP contribution in [0.15, 0.2) is 39.3 Å². The predicted molar refractivity (Wildman–Crippen MR) is 97.3 cm³/mol. The molecule has 1 N–H and O–H groups in total. The molecule has 0 unspecified atom stereocenters. The number of hydrogen-bond donors (Lipinski definition) is 1. The molecular formula is C17H15Br2NO3. The average Bonchev–Trinajstić information content (AvgIpc) is 2.49. The normalized spacial score (nSPS) is 10.3. The minimum Gasteiger partial charge on any atom is -0.481 e. The molecule has 0 aliphatic heterocycles. The van der Waals surface area contributed by atoms with Crippen LogP contribution < -0.4 is 10.1 Å². The van der Waals surface area contributed by atoms with Crippen molar-refractivity contribution < 1.29 is 14.3 Å². The summed E-state index contributed by atoms with van der Waals surface area (Å²) in [6.45, 7) is 3.76. The van der Waals surface area contributed by atoms with Gasteiger partial charge in [-0.1, -0.05) is 12.1 Å². The number of carbonyl (C=O) groups excluding carboxylic acids is 2. The maximum absolute atomic E-state index is 12.1. The van der Waals surface area contributed by atoms with Crippen LogP contribution in [0.3, 0.4) is 0 Å². The Labute approximate surface area is 151 Å². The van der Waals surface area contributed by atoms with Gasteiger partial charge in [-0.25, -0.2) is 0 Å². The quantitative estimate of drug-likeness (QED) is 0.688. The van der Waals surface area contributed by atoms with Crippen LogP contribution in [0.4, 0.5) is 5.69 Å². The monoisotopic (exact) mass is 439 g/mol. The fraction of sp³-hybridized carbons (Fsp3) is 0.176. The summed E-state index contributed by atoms with van der Waals surface area (Å²) in [7, 11) is 0. The van der Waals surface area contributed by atoms with Crippen LogP contribution in [0, 0.1) is 13.8 Å². The van der Waals surface area contributed by atoms with E-state index in [1.165, 1.54) is 0 Å². The van der Waals surface area contributed by atoms with Crippen molar-refractivity contribution in [1.82, 2.24) is 0 Å². The van der Waals surface area contributed by atoms with Gasteiger partial charge in [-0.15, -0.1) is 0 Å². The molecule has 2 aromatic rings. The van der Waals surface area contributed by atoms with Crippen LogP contribution in [0.1, 0.15) is 21.5 Å². The smallest absolute Gasteiger partial charge is 0.262 e. The predicted octanol–water partition coefficient (Wildman–Crippen LogP) is 4.66. The molecule has 4 nitrogen and oxygen atoms in total. The number of hydrogen-bond acceptors (Lipinski definition) is 3. The third-order valence-electron chi connectivity index (χ3n) is 3.17. The summed E-state index contributed by atoms with van der Waals surface area (Å²) in [5.74, 6) is 0.226. The molecule has 0 aliphatic rings. The van der Waals surface area contributed by atoms with Crippen LogP contribution in [-0.4, -0.2) is 18.8 Å². The Balaban J connectivity index is 2.05. The molecule has 0 atom stereocenters. The van der Waals surface area contributed by atoms with Crippen molar-refractivity contribution in [2.45, 2.75) is 13.8 Å². The first-order valence-electron chi connectivity index (χ1n) is 6.85. The number of halogens is 2. The number of benzene rings is 2. The molecule has 0 aromatic heterocycles. The van der Waals surface area contributed by atoms with Crippen LogP contribution in [-0.2, 0) is 4.79 Å². The highest BCUT2D eigenvalue weighted by molar-refractivity contribution is 9.11. The van der Waals surface area contributed by atoms with E-state index in [2.05, 4.69) is 37.2 Å². The first kappa shape index (κ1) is 17.7. The molecule has 0 saturated heterocycles. The summed E-state index contributed by atoms with van der Waals surface area (Å²) in [6, 6.07) is 9.13. The number of amides is 1. The Hall–Kier alpha value is -1.66. The maximum Gasteiger partial charge on any atom is 0.262 e. The highest BCUT2D eigenvalue weighted by Gasteiger charge is 2.12. The van der Waals surface area contributed by atoms with Gasteiger partial charge in [0.1, 0.15) is 12.0 Å². The Morgan fingerprint density at radius 3 is 2.43 bits per heavy atom. The van der Waals surface area contributed by atoms with E-state index in [9.17, 15) is 9.59 Å². The van der Waals surface area contributed by atoms with E-state index < -0.39 is 0 Å². The van der Waals surface area contributed by atoms with E-state index in [4.69, 9.17) is 4.74 Å². The molecule has 6 heteroatoms. The second kappa shape index (κ2) is 7.75. The van der Waals surface area contributed by atoms with Crippen molar-refractivity contribution in [1.29, 1.82) is 0 Å². The standard InChI is InChI=1S/C17H15Br2NO3/c1-10-3-4-11(2)15(5-10)20-16(22)9-23-17-13(18)6-12(8-21)7-14(17)19/h3-8H,9H2,1-2H3,(H,20,22).